The largest absolute Gasteiger partial charge is 0.348 e. The van der Waals surface area contributed by atoms with E-state index in [1.165, 1.54) is 11.1 Å². The quantitative estimate of drug-likeness (QED) is 0.937. The third-order valence-corrected chi connectivity index (χ3v) is 4.27. The highest BCUT2D eigenvalue weighted by Gasteiger charge is 2.26. The number of fused-ring (bicyclic) bond motifs is 1. The minimum Gasteiger partial charge on any atom is -0.348 e. The van der Waals surface area contributed by atoms with Crippen molar-refractivity contribution in [3.63, 3.8) is 0 Å². The molecule has 0 spiro atoms. The van der Waals surface area contributed by atoms with E-state index in [1.54, 1.807) is 0 Å². The Morgan fingerprint density at radius 1 is 1.25 bits per heavy atom. The van der Waals surface area contributed by atoms with Crippen LogP contribution >= 0.6 is 15.9 Å². The van der Waals surface area contributed by atoms with Crippen LogP contribution in [-0.4, -0.2) is 24.6 Å². The number of pyridine rings is 1. The van der Waals surface area contributed by atoms with Crippen molar-refractivity contribution in [1.82, 2.24) is 10.3 Å². The maximum absolute atomic E-state index is 4.56. The minimum absolute atomic E-state index is 0.448. The lowest BCUT2D eigenvalue weighted by Gasteiger charge is -2.37. The SMILES string of the molecule is CNCC1Cc2ccccc2CN1c1ccc(Br)cn1. The third kappa shape index (κ3) is 2.72. The van der Waals surface area contributed by atoms with E-state index in [1.807, 2.05) is 13.2 Å². The summed E-state index contributed by atoms with van der Waals surface area (Å²) in [6.45, 7) is 1.89. The van der Waals surface area contributed by atoms with Gasteiger partial charge in [-0.25, -0.2) is 4.98 Å². The van der Waals surface area contributed by atoms with Gasteiger partial charge in [0.2, 0.25) is 0 Å². The van der Waals surface area contributed by atoms with Crippen molar-refractivity contribution >= 4 is 21.7 Å². The molecule has 104 valence electrons. The Balaban J connectivity index is 1.93. The molecule has 0 amide bonds. The molecule has 0 aliphatic carbocycles. The van der Waals surface area contributed by atoms with Crippen molar-refractivity contribution in [1.29, 1.82) is 0 Å². The summed E-state index contributed by atoms with van der Waals surface area (Å²) in [4.78, 5) is 6.95. The predicted molar refractivity (Wildman–Crippen MR) is 86.0 cm³/mol. The number of benzene rings is 1. The van der Waals surface area contributed by atoms with Crippen LogP contribution in [0.15, 0.2) is 47.1 Å². The first-order chi connectivity index (χ1) is 9.78. The van der Waals surface area contributed by atoms with Gasteiger partial charge < -0.3 is 10.2 Å². The van der Waals surface area contributed by atoms with E-state index < -0.39 is 0 Å². The lowest BCUT2D eigenvalue weighted by molar-refractivity contribution is 0.523. The fraction of sp³-hybridized carbons (Fsp3) is 0.312. The van der Waals surface area contributed by atoms with Crippen molar-refractivity contribution in [3.05, 3.63) is 58.2 Å². The highest BCUT2D eigenvalue weighted by molar-refractivity contribution is 9.10. The zero-order valence-corrected chi connectivity index (χ0v) is 13.1. The Bertz CT molecular complexity index is 583. The van der Waals surface area contributed by atoms with Crippen molar-refractivity contribution in [2.45, 2.75) is 19.0 Å². The lowest BCUT2D eigenvalue weighted by atomic mass is 9.94. The van der Waals surface area contributed by atoms with Gasteiger partial charge >= 0.3 is 0 Å². The van der Waals surface area contributed by atoms with Crippen LogP contribution in [0.2, 0.25) is 0 Å². The van der Waals surface area contributed by atoms with E-state index >= 15 is 0 Å². The summed E-state index contributed by atoms with van der Waals surface area (Å²) >= 11 is 3.45. The number of hydrogen-bond donors (Lipinski definition) is 1. The molecule has 1 aromatic carbocycles. The monoisotopic (exact) mass is 331 g/mol. The standard InChI is InChI=1S/C16H18BrN3/c1-18-10-15-8-12-4-2-3-5-13(12)11-20(15)16-7-6-14(17)9-19-16/h2-7,9,15,18H,8,10-11H2,1H3. The molecule has 0 bridgehead atoms. The first-order valence-electron chi connectivity index (χ1n) is 6.87. The van der Waals surface area contributed by atoms with Crippen molar-refractivity contribution in [2.24, 2.45) is 0 Å². The number of anilines is 1. The Labute approximate surface area is 128 Å². The third-order valence-electron chi connectivity index (χ3n) is 3.80. The molecule has 1 unspecified atom stereocenters. The number of hydrogen-bond acceptors (Lipinski definition) is 3. The van der Waals surface area contributed by atoms with Gasteiger partial charge in [0, 0.05) is 29.8 Å². The van der Waals surface area contributed by atoms with E-state index in [9.17, 15) is 0 Å². The summed E-state index contributed by atoms with van der Waals surface area (Å²) in [5, 5.41) is 3.30. The fourth-order valence-corrected chi connectivity index (χ4v) is 3.05. The summed E-state index contributed by atoms with van der Waals surface area (Å²) < 4.78 is 1.02. The van der Waals surface area contributed by atoms with E-state index in [0.717, 1.165) is 29.8 Å². The predicted octanol–water partition coefficient (Wildman–Crippen LogP) is 2.99. The average molecular weight is 332 g/mol. The van der Waals surface area contributed by atoms with Gasteiger partial charge in [0.05, 0.1) is 0 Å². The van der Waals surface area contributed by atoms with Crippen LogP contribution < -0.4 is 10.2 Å². The Morgan fingerprint density at radius 2 is 2.05 bits per heavy atom. The number of halogens is 1. The molecule has 0 saturated carbocycles. The molecule has 0 saturated heterocycles. The van der Waals surface area contributed by atoms with Gasteiger partial charge in [-0.15, -0.1) is 0 Å². The van der Waals surface area contributed by atoms with E-state index in [0.29, 0.717) is 6.04 Å². The van der Waals surface area contributed by atoms with Crippen LogP contribution in [0.5, 0.6) is 0 Å². The number of aromatic nitrogens is 1. The average Bonchev–Trinajstić information content (AvgIpc) is 2.48. The Hall–Kier alpha value is -1.39. The van der Waals surface area contributed by atoms with Gasteiger partial charge in [0.15, 0.2) is 0 Å². The normalized spacial score (nSPS) is 17.9. The molecule has 0 fully saturated rings. The van der Waals surface area contributed by atoms with Gasteiger partial charge in [0.1, 0.15) is 5.82 Å². The lowest BCUT2D eigenvalue weighted by Crippen LogP contribution is -2.46. The molecular weight excluding hydrogens is 314 g/mol. The molecule has 1 aliphatic rings. The fourth-order valence-electron chi connectivity index (χ4n) is 2.81. The topological polar surface area (TPSA) is 28.2 Å². The minimum atomic E-state index is 0.448. The first-order valence-corrected chi connectivity index (χ1v) is 7.67. The number of nitrogens with one attached hydrogen (secondary N) is 1. The van der Waals surface area contributed by atoms with Crippen LogP contribution in [0.1, 0.15) is 11.1 Å². The second kappa shape index (κ2) is 5.94. The molecular formula is C16H18BrN3. The molecule has 1 aliphatic heterocycles. The number of rotatable bonds is 3. The molecule has 3 rings (SSSR count). The van der Waals surface area contributed by atoms with Crippen LogP contribution in [0.3, 0.4) is 0 Å². The van der Waals surface area contributed by atoms with E-state index in [-0.39, 0.29) is 0 Å². The molecule has 1 aromatic heterocycles. The van der Waals surface area contributed by atoms with Crippen molar-refractivity contribution < 1.29 is 0 Å². The van der Waals surface area contributed by atoms with Gasteiger partial charge in [-0.1, -0.05) is 24.3 Å². The molecule has 2 heterocycles. The van der Waals surface area contributed by atoms with Gasteiger partial charge in [-0.2, -0.15) is 0 Å². The van der Waals surface area contributed by atoms with Crippen molar-refractivity contribution in [3.8, 4) is 0 Å². The maximum atomic E-state index is 4.56. The first kappa shape index (κ1) is 13.6. The van der Waals surface area contributed by atoms with Gasteiger partial charge in [-0.05, 0) is 52.7 Å². The van der Waals surface area contributed by atoms with Crippen molar-refractivity contribution in [2.75, 3.05) is 18.5 Å². The summed E-state index contributed by atoms with van der Waals surface area (Å²) in [6, 6.07) is 13.3. The zero-order valence-electron chi connectivity index (χ0n) is 11.5. The second-order valence-electron chi connectivity index (χ2n) is 5.15. The van der Waals surface area contributed by atoms with E-state index in [4.69, 9.17) is 0 Å². The Morgan fingerprint density at radius 3 is 2.75 bits per heavy atom. The zero-order chi connectivity index (χ0) is 13.9. The summed E-state index contributed by atoms with van der Waals surface area (Å²) in [5.74, 6) is 1.04. The molecule has 0 radical (unpaired) electrons. The molecule has 4 heteroatoms. The Kier molecular flexibility index (Phi) is 4.03. The second-order valence-corrected chi connectivity index (χ2v) is 6.06. The van der Waals surface area contributed by atoms with Gasteiger partial charge in [-0.3, -0.25) is 0 Å². The number of likely N-dealkylation sites (N-methyl/N-ethyl adjacent to an activating group) is 1. The van der Waals surface area contributed by atoms with E-state index in [2.05, 4.69) is 67.5 Å². The highest BCUT2D eigenvalue weighted by Crippen LogP contribution is 2.27. The van der Waals surface area contributed by atoms with Crippen LogP contribution in [0.4, 0.5) is 5.82 Å². The summed E-state index contributed by atoms with van der Waals surface area (Å²) in [5.41, 5.74) is 2.87. The maximum Gasteiger partial charge on any atom is 0.129 e. The molecule has 2 aromatic rings. The summed E-state index contributed by atoms with van der Waals surface area (Å²) in [7, 11) is 2.01. The smallest absolute Gasteiger partial charge is 0.129 e. The molecule has 1 atom stereocenters. The molecule has 3 nitrogen and oxygen atoms in total. The van der Waals surface area contributed by atoms with Gasteiger partial charge in [0.25, 0.3) is 0 Å². The van der Waals surface area contributed by atoms with Crippen LogP contribution in [0.25, 0.3) is 0 Å². The molecule has 20 heavy (non-hydrogen) atoms. The number of nitrogens with zero attached hydrogens (tertiary/aromatic N) is 2. The van der Waals surface area contributed by atoms with Crippen LogP contribution in [0, 0.1) is 0 Å². The van der Waals surface area contributed by atoms with Crippen LogP contribution in [-0.2, 0) is 13.0 Å². The highest BCUT2D eigenvalue weighted by atomic mass is 79.9. The molecule has 1 N–H and O–H groups in total. The summed E-state index contributed by atoms with van der Waals surface area (Å²) in [6.07, 6.45) is 2.93.